The number of aromatic nitrogens is 1. The second-order valence-electron chi connectivity index (χ2n) is 3.54. The van der Waals surface area contributed by atoms with Gasteiger partial charge in [-0.3, -0.25) is 0 Å². The first kappa shape index (κ1) is 9.00. The van der Waals surface area contributed by atoms with E-state index in [2.05, 4.69) is 30.1 Å². The summed E-state index contributed by atoms with van der Waals surface area (Å²) in [4.78, 5) is 4.14. The second kappa shape index (κ2) is 3.29. The van der Waals surface area contributed by atoms with Gasteiger partial charge in [0, 0.05) is 11.6 Å². The lowest BCUT2D eigenvalue weighted by molar-refractivity contribution is 1.14. The largest absolute Gasteiger partial charge is 0.383 e. The molecular weight excluding hydrogens is 172 g/mol. The average Bonchev–Trinajstić information content (AvgIpc) is 2.23. The van der Waals surface area contributed by atoms with Crippen molar-refractivity contribution in [3.8, 4) is 0 Å². The number of benzene rings is 1. The van der Waals surface area contributed by atoms with Gasteiger partial charge in [0.2, 0.25) is 0 Å². The van der Waals surface area contributed by atoms with Crippen molar-refractivity contribution in [1.29, 1.82) is 0 Å². The van der Waals surface area contributed by atoms with Gasteiger partial charge >= 0.3 is 0 Å². The number of nitrogens with two attached hydrogens (primary N) is 1. The van der Waals surface area contributed by atoms with Crippen LogP contribution in [0.3, 0.4) is 0 Å². The third-order valence-corrected chi connectivity index (χ3v) is 2.66. The normalized spacial score (nSPS) is 10.7. The van der Waals surface area contributed by atoms with Crippen molar-refractivity contribution in [1.82, 2.24) is 4.98 Å². The second-order valence-corrected chi connectivity index (χ2v) is 3.54. The first-order valence-electron chi connectivity index (χ1n) is 4.86. The Balaban J connectivity index is 2.78. The summed E-state index contributed by atoms with van der Waals surface area (Å²) in [6.07, 6.45) is 2.88. The van der Waals surface area contributed by atoms with Crippen LogP contribution >= 0.6 is 0 Å². The van der Waals surface area contributed by atoms with E-state index in [4.69, 9.17) is 5.73 Å². The monoisotopic (exact) mass is 186 g/mol. The molecule has 0 saturated carbocycles. The van der Waals surface area contributed by atoms with Crippen LogP contribution < -0.4 is 5.73 Å². The molecule has 0 radical (unpaired) electrons. The van der Waals surface area contributed by atoms with Gasteiger partial charge in [0.25, 0.3) is 0 Å². The predicted molar refractivity (Wildman–Crippen MR) is 60.3 cm³/mol. The molecule has 2 N–H and O–H groups in total. The summed E-state index contributed by atoms with van der Waals surface area (Å²) in [5.41, 5.74) is 8.19. The molecule has 0 saturated heterocycles. The van der Waals surface area contributed by atoms with Crippen molar-refractivity contribution in [3.05, 3.63) is 35.5 Å². The van der Waals surface area contributed by atoms with Gasteiger partial charge in [-0.05, 0) is 29.9 Å². The molecule has 0 unspecified atom stereocenters. The van der Waals surface area contributed by atoms with Gasteiger partial charge in [0.1, 0.15) is 5.82 Å². The SMILES string of the molecule is CCc1ccc2cnc(N)c(C)c2c1. The summed E-state index contributed by atoms with van der Waals surface area (Å²) in [6, 6.07) is 6.44. The van der Waals surface area contributed by atoms with Crippen LogP contribution in [0.1, 0.15) is 18.1 Å². The van der Waals surface area contributed by atoms with Crippen molar-refractivity contribution in [3.63, 3.8) is 0 Å². The summed E-state index contributed by atoms with van der Waals surface area (Å²) in [5, 5.41) is 2.38. The molecule has 1 heterocycles. The topological polar surface area (TPSA) is 38.9 Å². The number of pyridine rings is 1. The molecule has 2 nitrogen and oxygen atoms in total. The third kappa shape index (κ3) is 1.33. The van der Waals surface area contributed by atoms with Gasteiger partial charge in [-0.2, -0.15) is 0 Å². The minimum Gasteiger partial charge on any atom is -0.383 e. The summed E-state index contributed by atoms with van der Waals surface area (Å²) < 4.78 is 0. The van der Waals surface area contributed by atoms with E-state index < -0.39 is 0 Å². The Labute approximate surface area is 83.8 Å². The average molecular weight is 186 g/mol. The molecule has 14 heavy (non-hydrogen) atoms. The molecule has 2 aromatic rings. The lowest BCUT2D eigenvalue weighted by atomic mass is 10.0. The molecule has 2 rings (SSSR count). The minimum absolute atomic E-state index is 0.630. The summed E-state index contributed by atoms with van der Waals surface area (Å²) in [5.74, 6) is 0.630. The van der Waals surface area contributed by atoms with Crippen molar-refractivity contribution in [2.45, 2.75) is 20.3 Å². The van der Waals surface area contributed by atoms with Gasteiger partial charge in [0.15, 0.2) is 0 Å². The van der Waals surface area contributed by atoms with E-state index in [1.807, 2.05) is 13.1 Å². The number of aryl methyl sites for hydroxylation is 2. The van der Waals surface area contributed by atoms with E-state index in [-0.39, 0.29) is 0 Å². The molecule has 0 aliphatic carbocycles. The van der Waals surface area contributed by atoms with E-state index in [1.165, 1.54) is 10.9 Å². The molecule has 0 amide bonds. The fraction of sp³-hybridized carbons (Fsp3) is 0.250. The van der Waals surface area contributed by atoms with Crippen molar-refractivity contribution in [2.24, 2.45) is 0 Å². The molecule has 0 bridgehead atoms. The highest BCUT2D eigenvalue weighted by atomic mass is 14.8. The van der Waals surface area contributed by atoms with Crippen molar-refractivity contribution in [2.75, 3.05) is 5.73 Å². The molecule has 0 atom stereocenters. The Morgan fingerprint density at radius 3 is 2.86 bits per heavy atom. The maximum Gasteiger partial charge on any atom is 0.126 e. The zero-order valence-corrected chi connectivity index (χ0v) is 8.54. The summed E-state index contributed by atoms with van der Waals surface area (Å²) in [6.45, 7) is 4.17. The fourth-order valence-electron chi connectivity index (χ4n) is 1.63. The maximum absolute atomic E-state index is 5.77. The molecule has 1 aromatic heterocycles. The van der Waals surface area contributed by atoms with Gasteiger partial charge in [-0.1, -0.05) is 25.1 Å². The molecule has 0 spiro atoms. The number of hydrogen-bond acceptors (Lipinski definition) is 2. The molecule has 0 aliphatic rings. The fourth-order valence-corrected chi connectivity index (χ4v) is 1.63. The highest BCUT2D eigenvalue weighted by Gasteiger charge is 2.02. The van der Waals surface area contributed by atoms with E-state index >= 15 is 0 Å². The van der Waals surface area contributed by atoms with Crippen LogP contribution in [-0.2, 0) is 6.42 Å². The van der Waals surface area contributed by atoms with Crippen LogP contribution in [0.2, 0.25) is 0 Å². The minimum atomic E-state index is 0.630. The predicted octanol–water partition coefficient (Wildman–Crippen LogP) is 2.69. The van der Waals surface area contributed by atoms with E-state index in [9.17, 15) is 0 Å². The summed E-state index contributed by atoms with van der Waals surface area (Å²) in [7, 11) is 0. The quantitative estimate of drug-likeness (QED) is 0.743. The standard InChI is InChI=1S/C12H14N2/c1-3-9-4-5-10-7-14-12(13)8(2)11(10)6-9/h4-7H,3H2,1-2H3,(H2,13,14). The molecule has 0 aliphatic heterocycles. The first-order chi connectivity index (χ1) is 6.72. The Kier molecular flexibility index (Phi) is 2.12. The van der Waals surface area contributed by atoms with E-state index in [1.54, 1.807) is 0 Å². The van der Waals surface area contributed by atoms with Crippen molar-refractivity contribution < 1.29 is 0 Å². The van der Waals surface area contributed by atoms with Gasteiger partial charge in [0.05, 0.1) is 0 Å². The van der Waals surface area contributed by atoms with Gasteiger partial charge in [-0.15, -0.1) is 0 Å². The van der Waals surface area contributed by atoms with Crippen LogP contribution in [0.15, 0.2) is 24.4 Å². The van der Waals surface area contributed by atoms with E-state index in [0.717, 1.165) is 17.4 Å². The van der Waals surface area contributed by atoms with Crippen LogP contribution in [0.5, 0.6) is 0 Å². The van der Waals surface area contributed by atoms with Crippen LogP contribution in [-0.4, -0.2) is 4.98 Å². The summed E-state index contributed by atoms with van der Waals surface area (Å²) >= 11 is 0. The Bertz CT molecular complexity index is 475. The lowest BCUT2D eigenvalue weighted by Crippen LogP contribution is -1.94. The van der Waals surface area contributed by atoms with Crippen LogP contribution in [0.4, 0.5) is 5.82 Å². The smallest absolute Gasteiger partial charge is 0.126 e. The number of fused-ring (bicyclic) bond motifs is 1. The zero-order valence-electron chi connectivity index (χ0n) is 8.54. The third-order valence-electron chi connectivity index (χ3n) is 2.66. The van der Waals surface area contributed by atoms with Gasteiger partial charge < -0.3 is 5.73 Å². The molecule has 1 aromatic carbocycles. The molecule has 2 heteroatoms. The maximum atomic E-state index is 5.77. The molecule has 0 fully saturated rings. The number of hydrogen-bond donors (Lipinski definition) is 1. The molecular formula is C12H14N2. The number of nitrogens with zero attached hydrogens (tertiary/aromatic N) is 1. The number of nitrogen functional groups attached to an aromatic ring is 1. The van der Waals surface area contributed by atoms with Gasteiger partial charge in [-0.25, -0.2) is 4.98 Å². The number of anilines is 1. The molecule has 72 valence electrons. The Morgan fingerprint density at radius 2 is 2.14 bits per heavy atom. The highest BCUT2D eigenvalue weighted by Crippen LogP contribution is 2.22. The first-order valence-corrected chi connectivity index (χ1v) is 4.86. The van der Waals surface area contributed by atoms with E-state index in [0.29, 0.717) is 5.82 Å². The zero-order chi connectivity index (χ0) is 10.1. The Hall–Kier alpha value is -1.57. The number of rotatable bonds is 1. The van der Waals surface area contributed by atoms with Crippen molar-refractivity contribution >= 4 is 16.6 Å². The lowest BCUT2D eigenvalue weighted by Gasteiger charge is -2.06. The van der Waals surface area contributed by atoms with Crippen LogP contribution in [0.25, 0.3) is 10.8 Å². The highest BCUT2D eigenvalue weighted by molar-refractivity contribution is 5.88. The Morgan fingerprint density at radius 1 is 1.36 bits per heavy atom. The van der Waals surface area contributed by atoms with Crippen LogP contribution in [0, 0.1) is 6.92 Å².